The Morgan fingerprint density at radius 2 is 1.90 bits per heavy atom. The van der Waals surface area contributed by atoms with E-state index in [1.54, 1.807) is 14.2 Å². The minimum absolute atomic E-state index is 0.0492. The summed E-state index contributed by atoms with van der Waals surface area (Å²) in [7, 11) is 3.27. The van der Waals surface area contributed by atoms with Crippen molar-refractivity contribution in [3.8, 4) is 17.2 Å². The summed E-state index contributed by atoms with van der Waals surface area (Å²) in [6, 6.07) is 8.28. The summed E-state index contributed by atoms with van der Waals surface area (Å²) in [6.45, 7) is 9.44. The molecule has 0 bridgehead atoms. The van der Waals surface area contributed by atoms with Gasteiger partial charge >= 0.3 is 0 Å². The van der Waals surface area contributed by atoms with Crippen LogP contribution >= 0.6 is 12.1 Å². The van der Waals surface area contributed by atoms with Crippen LogP contribution in [0.3, 0.4) is 0 Å². The molecule has 162 valence electrons. The topological polar surface area (TPSA) is 27.7 Å². The minimum atomic E-state index is -0.0492. The van der Waals surface area contributed by atoms with E-state index in [1.165, 1.54) is 11.1 Å². The van der Waals surface area contributed by atoms with E-state index in [1.807, 2.05) is 12.1 Å². The summed E-state index contributed by atoms with van der Waals surface area (Å²) in [5.41, 5.74) is 6.75. The van der Waals surface area contributed by atoms with Crippen molar-refractivity contribution in [2.24, 2.45) is 11.3 Å². The third-order valence-electron chi connectivity index (χ3n) is 6.86. The van der Waals surface area contributed by atoms with Gasteiger partial charge in [-0.3, -0.25) is 0 Å². The Hall–Kier alpha value is -2.40. The highest BCUT2D eigenvalue weighted by Crippen LogP contribution is 2.54. The number of allylic oxidation sites excluding steroid dienone is 2. The molecular weight excluding hydrogens is 411 g/mol. The van der Waals surface area contributed by atoms with E-state index in [2.05, 4.69) is 38.6 Å². The summed E-state index contributed by atoms with van der Waals surface area (Å²) in [6.07, 6.45) is 3.84. The Morgan fingerprint density at radius 3 is 2.61 bits per heavy atom. The quantitative estimate of drug-likeness (QED) is 0.539. The number of hydrogen-bond donors (Lipinski definition) is 0. The van der Waals surface area contributed by atoms with Crippen molar-refractivity contribution in [3.05, 3.63) is 64.7 Å². The fraction of sp³-hybridized carbons (Fsp3) is 0.385. The van der Waals surface area contributed by atoms with Gasteiger partial charge in [-0.05, 0) is 52.1 Å². The molecule has 2 aliphatic carbocycles. The lowest BCUT2D eigenvalue weighted by Gasteiger charge is -2.41. The highest BCUT2D eigenvalue weighted by Gasteiger charge is 2.41. The summed E-state index contributed by atoms with van der Waals surface area (Å²) in [5.74, 6) is 2.56. The molecule has 5 rings (SSSR count). The van der Waals surface area contributed by atoms with Crippen molar-refractivity contribution < 1.29 is 18.1 Å². The molecule has 31 heavy (non-hydrogen) atoms. The minimum Gasteiger partial charge on any atom is -0.493 e. The van der Waals surface area contributed by atoms with Gasteiger partial charge in [0.15, 0.2) is 11.5 Å². The second-order valence-electron chi connectivity index (χ2n) is 9.40. The van der Waals surface area contributed by atoms with Gasteiger partial charge in [-0.15, -0.1) is 0 Å². The molecule has 2 atom stereocenters. The molecule has 0 unspecified atom stereocenters. The summed E-state index contributed by atoms with van der Waals surface area (Å²) in [4.78, 5) is 0.734. The predicted molar refractivity (Wildman–Crippen MR) is 125 cm³/mol. The van der Waals surface area contributed by atoms with Crippen LogP contribution in [-0.4, -0.2) is 20.8 Å². The van der Waals surface area contributed by atoms with Crippen LogP contribution in [0.15, 0.2) is 36.9 Å². The number of hydrogen-bond acceptors (Lipinski definition) is 4. The van der Waals surface area contributed by atoms with Gasteiger partial charge in [0.25, 0.3) is 0 Å². The Kier molecular flexibility index (Phi) is 4.85. The maximum absolute atomic E-state index is 14.0. The van der Waals surface area contributed by atoms with Gasteiger partial charge in [0.05, 0.1) is 33.0 Å². The maximum atomic E-state index is 14.0. The highest BCUT2D eigenvalue weighted by molar-refractivity contribution is 8.03. The summed E-state index contributed by atoms with van der Waals surface area (Å²) < 4.78 is 31.2. The lowest BCUT2D eigenvalue weighted by atomic mass is 9.66. The molecule has 1 aliphatic heterocycles. The molecule has 0 aromatic heterocycles. The summed E-state index contributed by atoms with van der Waals surface area (Å²) in [5, 5.41) is 0. The number of rotatable bonds is 3. The molecule has 3 aliphatic rings. The van der Waals surface area contributed by atoms with Gasteiger partial charge < -0.3 is 14.2 Å². The molecule has 2 aromatic rings. The van der Waals surface area contributed by atoms with Gasteiger partial charge in [-0.1, -0.05) is 38.6 Å². The fourth-order valence-electron chi connectivity index (χ4n) is 5.56. The van der Waals surface area contributed by atoms with Crippen LogP contribution < -0.4 is 14.2 Å². The van der Waals surface area contributed by atoms with Gasteiger partial charge in [0, 0.05) is 28.4 Å². The van der Waals surface area contributed by atoms with Gasteiger partial charge in [0.2, 0.25) is 0 Å². The zero-order chi connectivity index (χ0) is 21.9. The number of benzene rings is 2. The molecule has 0 saturated heterocycles. The number of halogens is 1. The fourth-order valence-corrected chi connectivity index (χ4v) is 6.26. The first-order chi connectivity index (χ1) is 14.9. The Labute approximate surface area is 187 Å². The summed E-state index contributed by atoms with van der Waals surface area (Å²) >= 11 is 0.361. The monoisotopic (exact) mass is 438 g/mol. The van der Waals surface area contributed by atoms with Crippen LogP contribution in [-0.2, 0) is 12.8 Å². The lowest BCUT2D eigenvalue weighted by Crippen LogP contribution is -2.33. The van der Waals surface area contributed by atoms with E-state index in [4.69, 9.17) is 14.2 Å². The second-order valence-corrected chi connectivity index (χ2v) is 9.99. The third kappa shape index (κ3) is 3.16. The normalized spacial score (nSPS) is 22.9. The van der Waals surface area contributed by atoms with E-state index < -0.39 is 0 Å². The molecule has 3 nitrogen and oxygen atoms in total. The molecule has 1 heterocycles. The van der Waals surface area contributed by atoms with Crippen LogP contribution in [0.2, 0.25) is 0 Å². The Morgan fingerprint density at radius 1 is 1.16 bits per heavy atom. The largest absolute Gasteiger partial charge is 0.493 e. The van der Waals surface area contributed by atoms with Crippen molar-refractivity contribution >= 4 is 22.6 Å². The molecule has 0 saturated carbocycles. The molecule has 0 fully saturated rings. The van der Waals surface area contributed by atoms with E-state index in [0.717, 1.165) is 45.8 Å². The van der Waals surface area contributed by atoms with Crippen LogP contribution in [0.1, 0.15) is 47.6 Å². The van der Waals surface area contributed by atoms with Gasteiger partial charge in [-0.2, -0.15) is 3.89 Å². The van der Waals surface area contributed by atoms with E-state index >= 15 is 0 Å². The standard InChI is InChI=1S/C26H27FO3S/c1-14-17-7-6-15-11-26(2,3)12-23(31-27)25(15)18(17)8-16-13-30-20-10-22(29-5)21(28-4)9-19(20)24(14)16/h6-7,9-10,12,16,24H,1,8,11,13H2,2-5H3/t16-,24-/m1/s1. The molecule has 0 amide bonds. The molecule has 0 N–H and O–H groups in total. The van der Waals surface area contributed by atoms with Crippen molar-refractivity contribution in [2.75, 3.05) is 20.8 Å². The molecule has 2 aromatic carbocycles. The van der Waals surface area contributed by atoms with Crippen molar-refractivity contribution in [1.82, 2.24) is 0 Å². The second kappa shape index (κ2) is 7.33. The van der Waals surface area contributed by atoms with E-state index in [9.17, 15) is 3.89 Å². The van der Waals surface area contributed by atoms with Gasteiger partial charge in [-0.25, -0.2) is 0 Å². The molecular formula is C26H27FO3S. The average molecular weight is 439 g/mol. The predicted octanol–water partition coefficient (Wildman–Crippen LogP) is 6.61. The number of methoxy groups -OCH3 is 2. The maximum Gasteiger partial charge on any atom is 0.164 e. The SMILES string of the molecule is C=C1c2ccc3c(c2C[C@@H]2COc4cc(OC)c(OC)cc4[C@H]12)C(SF)=CC(C)(C)C3. The first-order valence-corrected chi connectivity index (χ1v) is 11.3. The molecule has 0 radical (unpaired) electrons. The zero-order valence-electron chi connectivity index (χ0n) is 18.4. The zero-order valence-corrected chi connectivity index (χ0v) is 19.2. The first kappa shape index (κ1) is 20.5. The first-order valence-electron chi connectivity index (χ1n) is 10.6. The van der Waals surface area contributed by atoms with Crippen LogP contribution in [0, 0.1) is 11.3 Å². The Balaban J connectivity index is 1.64. The van der Waals surface area contributed by atoms with Crippen molar-refractivity contribution in [2.45, 2.75) is 32.6 Å². The van der Waals surface area contributed by atoms with Crippen molar-refractivity contribution in [1.29, 1.82) is 0 Å². The Bertz CT molecular complexity index is 1120. The third-order valence-corrected chi connectivity index (χ3v) is 7.35. The van der Waals surface area contributed by atoms with E-state index in [0.29, 0.717) is 30.3 Å². The molecule has 5 heteroatoms. The number of ether oxygens (including phenoxy) is 3. The average Bonchev–Trinajstić information content (AvgIpc) is 2.76. The van der Waals surface area contributed by atoms with Gasteiger partial charge in [0.1, 0.15) is 5.75 Å². The highest BCUT2D eigenvalue weighted by atomic mass is 32.2. The van der Waals surface area contributed by atoms with E-state index in [-0.39, 0.29) is 17.3 Å². The smallest absolute Gasteiger partial charge is 0.164 e. The van der Waals surface area contributed by atoms with Crippen molar-refractivity contribution in [3.63, 3.8) is 0 Å². The molecule has 0 spiro atoms. The lowest BCUT2D eigenvalue weighted by molar-refractivity contribution is 0.205. The number of fused-ring (bicyclic) bond motifs is 6. The van der Waals surface area contributed by atoms with Crippen LogP contribution in [0.5, 0.6) is 17.2 Å². The van der Waals surface area contributed by atoms with Crippen LogP contribution in [0.25, 0.3) is 10.5 Å². The van der Waals surface area contributed by atoms with Crippen LogP contribution in [0.4, 0.5) is 3.89 Å².